The number of benzene rings is 2. The number of rotatable bonds is 6. The zero-order valence-corrected chi connectivity index (χ0v) is 20.5. The van der Waals surface area contributed by atoms with Crippen LogP contribution in [0, 0.1) is 5.82 Å². The molecule has 1 aliphatic rings. The van der Waals surface area contributed by atoms with Gasteiger partial charge in [-0.1, -0.05) is 30.3 Å². The Labute approximate surface area is 201 Å². The fourth-order valence-corrected chi connectivity index (χ4v) is 3.62. The summed E-state index contributed by atoms with van der Waals surface area (Å²) in [5, 5.41) is 3.28. The molecule has 1 saturated heterocycles. The van der Waals surface area contributed by atoms with Gasteiger partial charge in [0.15, 0.2) is 5.96 Å². The van der Waals surface area contributed by atoms with Crippen LogP contribution in [0.1, 0.15) is 12.0 Å². The number of piperazine rings is 1. The Hall–Kier alpha value is -2.36. The van der Waals surface area contributed by atoms with E-state index in [4.69, 9.17) is 0 Å². The van der Waals surface area contributed by atoms with E-state index >= 15 is 0 Å². The van der Waals surface area contributed by atoms with E-state index in [0.29, 0.717) is 26.1 Å². The Balaban J connectivity index is 0.00000341. The number of hydrogen-bond acceptors (Lipinski definition) is 3. The van der Waals surface area contributed by atoms with Crippen LogP contribution in [0.2, 0.25) is 0 Å². The number of guanidine groups is 1. The van der Waals surface area contributed by atoms with Crippen LogP contribution in [-0.2, 0) is 11.3 Å². The zero-order valence-electron chi connectivity index (χ0n) is 18.1. The number of hydrogen-bond donors (Lipinski definition) is 1. The Morgan fingerprint density at radius 3 is 2.32 bits per heavy atom. The van der Waals surface area contributed by atoms with E-state index in [2.05, 4.69) is 27.3 Å². The second-order valence-electron chi connectivity index (χ2n) is 7.41. The first-order valence-electron chi connectivity index (χ1n) is 10.3. The van der Waals surface area contributed by atoms with E-state index in [-0.39, 0.29) is 35.7 Å². The van der Waals surface area contributed by atoms with Gasteiger partial charge in [0, 0.05) is 65.5 Å². The third-order valence-corrected chi connectivity index (χ3v) is 5.28. The van der Waals surface area contributed by atoms with Crippen LogP contribution in [0.3, 0.4) is 0 Å². The molecule has 1 heterocycles. The average molecular weight is 539 g/mol. The van der Waals surface area contributed by atoms with Crippen LogP contribution < -0.4 is 10.2 Å². The molecule has 168 valence electrons. The van der Waals surface area contributed by atoms with E-state index in [1.165, 1.54) is 17.7 Å². The molecule has 0 aromatic heterocycles. The van der Waals surface area contributed by atoms with Crippen molar-refractivity contribution in [3.05, 3.63) is 66.0 Å². The highest BCUT2D eigenvalue weighted by atomic mass is 127. The molecule has 31 heavy (non-hydrogen) atoms. The van der Waals surface area contributed by atoms with Crippen molar-refractivity contribution in [2.75, 3.05) is 51.7 Å². The lowest BCUT2D eigenvalue weighted by Crippen LogP contribution is -2.49. The minimum atomic E-state index is -0.232. The molecule has 1 N–H and O–H groups in total. The number of carbonyl (C=O) groups is 1. The SMILES string of the molecule is CN=C(NCCC(=O)N1CCN(c2ccc(F)cc2)CC1)N(C)Cc1ccccc1.I. The average Bonchev–Trinajstić information content (AvgIpc) is 2.78. The summed E-state index contributed by atoms with van der Waals surface area (Å²) in [6, 6.07) is 16.7. The van der Waals surface area contributed by atoms with Crippen LogP contribution in [0.25, 0.3) is 0 Å². The summed E-state index contributed by atoms with van der Waals surface area (Å²) in [6.07, 6.45) is 0.425. The summed E-state index contributed by atoms with van der Waals surface area (Å²) in [5.74, 6) is 0.680. The Kier molecular flexibility index (Phi) is 10.0. The molecule has 2 aromatic rings. The highest BCUT2D eigenvalue weighted by Gasteiger charge is 2.21. The molecule has 1 fully saturated rings. The lowest BCUT2D eigenvalue weighted by atomic mass is 10.2. The summed E-state index contributed by atoms with van der Waals surface area (Å²) in [7, 11) is 3.74. The van der Waals surface area contributed by atoms with Gasteiger partial charge in [0.25, 0.3) is 0 Å². The van der Waals surface area contributed by atoms with Crippen LogP contribution in [-0.4, -0.2) is 68.5 Å². The highest BCUT2D eigenvalue weighted by molar-refractivity contribution is 14.0. The third-order valence-electron chi connectivity index (χ3n) is 5.28. The number of amides is 1. The number of aliphatic imine (C=N–C) groups is 1. The number of halogens is 2. The number of carbonyl (C=O) groups excluding carboxylic acids is 1. The fourth-order valence-electron chi connectivity index (χ4n) is 3.62. The van der Waals surface area contributed by atoms with Crippen molar-refractivity contribution in [1.29, 1.82) is 0 Å². The van der Waals surface area contributed by atoms with Crippen molar-refractivity contribution in [2.45, 2.75) is 13.0 Å². The molecule has 0 aliphatic carbocycles. The molecule has 0 spiro atoms. The van der Waals surface area contributed by atoms with Gasteiger partial charge in [-0.3, -0.25) is 9.79 Å². The number of nitrogens with zero attached hydrogens (tertiary/aromatic N) is 4. The molecule has 0 atom stereocenters. The van der Waals surface area contributed by atoms with E-state index < -0.39 is 0 Å². The second kappa shape index (κ2) is 12.5. The summed E-state index contributed by atoms with van der Waals surface area (Å²) in [6.45, 7) is 4.17. The third kappa shape index (κ3) is 7.37. The Morgan fingerprint density at radius 2 is 1.71 bits per heavy atom. The number of anilines is 1. The van der Waals surface area contributed by atoms with E-state index in [9.17, 15) is 9.18 Å². The highest BCUT2D eigenvalue weighted by Crippen LogP contribution is 2.17. The topological polar surface area (TPSA) is 51.2 Å². The van der Waals surface area contributed by atoms with Gasteiger partial charge in [-0.25, -0.2) is 4.39 Å². The van der Waals surface area contributed by atoms with Crippen LogP contribution in [0.5, 0.6) is 0 Å². The molecular formula is C23H31FIN5O. The van der Waals surface area contributed by atoms with Crippen LogP contribution in [0.15, 0.2) is 59.6 Å². The first-order valence-corrected chi connectivity index (χ1v) is 10.3. The van der Waals surface area contributed by atoms with Crippen LogP contribution >= 0.6 is 24.0 Å². The van der Waals surface area contributed by atoms with Gasteiger partial charge < -0.3 is 20.0 Å². The summed E-state index contributed by atoms with van der Waals surface area (Å²) >= 11 is 0. The normalized spacial score (nSPS) is 14.1. The smallest absolute Gasteiger partial charge is 0.224 e. The van der Waals surface area contributed by atoms with E-state index in [0.717, 1.165) is 31.3 Å². The summed E-state index contributed by atoms with van der Waals surface area (Å²) < 4.78 is 13.1. The minimum Gasteiger partial charge on any atom is -0.368 e. The largest absolute Gasteiger partial charge is 0.368 e. The predicted molar refractivity (Wildman–Crippen MR) is 134 cm³/mol. The molecule has 2 aromatic carbocycles. The second-order valence-corrected chi connectivity index (χ2v) is 7.41. The molecule has 1 aliphatic heterocycles. The van der Waals surface area contributed by atoms with Crippen LogP contribution in [0.4, 0.5) is 10.1 Å². The van der Waals surface area contributed by atoms with E-state index in [1.54, 1.807) is 19.2 Å². The lowest BCUT2D eigenvalue weighted by molar-refractivity contribution is -0.131. The van der Waals surface area contributed by atoms with E-state index in [1.807, 2.05) is 35.0 Å². The maximum atomic E-state index is 13.1. The van der Waals surface area contributed by atoms with Crippen molar-refractivity contribution in [1.82, 2.24) is 15.1 Å². The first-order chi connectivity index (χ1) is 14.6. The zero-order chi connectivity index (χ0) is 21.3. The summed E-state index contributed by atoms with van der Waals surface area (Å²) in [4.78, 5) is 23.0. The van der Waals surface area contributed by atoms with Crippen molar-refractivity contribution in [3.8, 4) is 0 Å². The van der Waals surface area contributed by atoms with Gasteiger partial charge in [-0.05, 0) is 29.8 Å². The molecule has 0 unspecified atom stereocenters. The predicted octanol–water partition coefficient (Wildman–Crippen LogP) is 3.19. The monoisotopic (exact) mass is 539 g/mol. The van der Waals surface area contributed by atoms with Crippen molar-refractivity contribution in [2.24, 2.45) is 4.99 Å². The van der Waals surface area contributed by atoms with Gasteiger partial charge in [0.1, 0.15) is 5.82 Å². The Morgan fingerprint density at radius 1 is 1.06 bits per heavy atom. The molecule has 0 radical (unpaired) electrons. The van der Waals surface area contributed by atoms with Gasteiger partial charge in [-0.2, -0.15) is 0 Å². The van der Waals surface area contributed by atoms with Gasteiger partial charge >= 0.3 is 0 Å². The maximum Gasteiger partial charge on any atom is 0.224 e. The van der Waals surface area contributed by atoms with Gasteiger partial charge in [-0.15, -0.1) is 24.0 Å². The van der Waals surface area contributed by atoms with Crippen molar-refractivity contribution < 1.29 is 9.18 Å². The quantitative estimate of drug-likeness (QED) is 0.348. The molecule has 0 saturated carbocycles. The molecule has 8 heteroatoms. The Bertz CT molecular complexity index is 839. The number of nitrogens with one attached hydrogen (secondary N) is 1. The van der Waals surface area contributed by atoms with Crippen molar-refractivity contribution in [3.63, 3.8) is 0 Å². The molecule has 1 amide bonds. The van der Waals surface area contributed by atoms with Gasteiger partial charge in [0.05, 0.1) is 0 Å². The maximum absolute atomic E-state index is 13.1. The van der Waals surface area contributed by atoms with Crippen molar-refractivity contribution >= 4 is 41.5 Å². The van der Waals surface area contributed by atoms with Gasteiger partial charge in [0.2, 0.25) is 5.91 Å². The summed E-state index contributed by atoms with van der Waals surface area (Å²) in [5.41, 5.74) is 2.20. The first kappa shape index (κ1) is 24.9. The standard InChI is InChI=1S/C23H30FN5O.HI/c1-25-23(27(2)18-19-6-4-3-5-7-19)26-13-12-22(30)29-16-14-28(15-17-29)21-10-8-20(24)9-11-21;/h3-11H,12-18H2,1-2H3,(H,25,26);1H. The molecule has 3 rings (SSSR count). The molecule has 6 nitrogen and oxygen atoms in total. The molecular weight excluding hydrogens is 508 g/mol. The lowest BCUT2D eigenvalue weighted by Gasteiger charge is -2.36. The minimum absolute atomic E-state index is 0. The molecule has 0 bridgehead atoms. The fraction of sp³-hybridized carbons (Fsp3) is 0.391.